The number of nitrogens with one attached hydrogen (secondary N) is 1. The van der Waals surface area contributed by atoms with E-state index >= 15 is 0 Å². The zero-order valence-corrected chi connectivity index (χ0v) is 6.64. The Labute approximate surface area is 65.0 Å². The molecule has 0 unspecified atom stereocenters. The maximum Gasteiger partial charge on any atom is 0.321 e. The van der Waals surface area contributed by atoms with Gasteiger partial charge >= 0.3 is 5.97 Å². The molecule has 0 aromatic heterocycles. The molecule has 0 heterocycles. The van der Waals surface area contributed by atoms with E-state index in [1.807, 2.05) is 0 Å². The third kappa shape index (κ3) is 1.08. The van der Waals surface area contributed by atoms with Crippen molar-refractivity contribution in [1.29, 1.82) is 5.41 Å². The molecule has 1 saturated carbocycles. The highest BCUT2D eigenvalue weighted by Crippen LogP contribution is 2.47. The molecule has 4 nitrogen and oxygen atoms in total. The van der Waals surface area contributed by atoms with Crippen LogP contribution in [0.3, 0.4) is 0 Å². The van der Waals surface area contributed by atoms with Gasteiger partial charge in [0, 0.05) is 0 Å². The first-order valence-electron chi connectivity index (χ1n) is 3.39. The second kappa shape index (κ2) is 2.53. The third-order valence-corrected chi connectivity index (χ3v) is 1.96. The lowest BCUT2D eigenvalue weighted by molar-refractivity contribution is -0.144. The summed E-state index contributed by atoms with van der Waals surface area (Å²) in [5.74, 6) is -0.339. The van der Waals surface area contributed by atoms with Crippen molar-refractivity contribution < 1.29 is 14.3 Å². The molecule has 0 bridgehead atoms. The van der Waals surface area contributed by atoms with E-state index in [0.29, 0.717) is 12.8 Å². The van der Waals surface area contributed by atoms with Crippen LogP contribution in [0.2, 0.25) is 0 Å². The van der Waals surface area contributed by atoms with Gasteiger partial charge in [-0.3, -0.25) is 10.2 Å². The van der Waals surface area contributed by atoms with Gasteiger partial charge in [-0.1, -0.05) is 0 Å². The monoisotopic (exact) mass is 157 g/mol. The Bertz CT molecular complexity index is 178. The van der Waals surface area contributed by atoms with E-state index in [2.05, 4.69) is 9.47 Å². The van der Waals surface area contributed by atoms with Gasteiger partial charge in [-0.25, -0.2) is 0 Å². The molecule has 0 saturated heterocycles. The molecule has 1 rings (SSSR count). The fourth-order valence-electron chi connectivity index (χ4n) is 1.04. The Morgan fingerprint density at radius 2 is 1.91 bits per heavy atom. The predicted octanol–water partition coefficient (Wildman–Crippen LogP) is 0.563. The van der Waals surface area contributed by atoms with Crippen molar-refractivity contribution in [3.63, 3.8) is 0 Å². The number of ether oxygens (including phenoxy) is 2. The largest absolute Gasteiger partial charge is 0.484 e. The van der Waals surface area contributed by atoms with Crippen LogP contribution in [-0.4, -0.2) is 26.1 Å². The van der Waals surface area contributed by atoms with Crippen molar-refractivity contribution in [2.75, 3.05) is 14.2 Å². The summed E-state index contributed by atoms with van der Waals surface area (Å²) in [6.45, 7) is 0. The summed E-state index contributed by atoms with van der Waals surface area (Å²) in [7, 11) is 2.72. The van der Waals surface area contributed by atoms with E-state index < -0.39 is 5.41 Å². The predicted molar refractivity (Wildman–Crippen MR) is 38.4 cm³/mol. The quantitative estimate of drug-likeness (QED) is 0.362. The minimum atomic E-state index is -0.733. The van der Waals surface area contributed by atoms with Crippen LogP contribution >= 0.6 is 0 Å². The standard InChI is InChI=1S/C7H11NO3/c1-10-5(8)7(3-4-7)6(9)11-2/h8H,3-4H2,1-2H3. The molecule has 11 heavy (non-hydrogen) atoms. The van der Waals surface area contributed by atoms with Crippen molar-refractivity contribution in [3.05, 3.63) is 0 Å². The molecule has 0 aliphatic heterocycles. The van der Waals surface area contributed by atoms with Gasteiger partial charge in [-0.05, 0) is 12.8 Å². The van der Waals surface area contributed by atoms with Gasteiger partial charge in [0.1, 0.15) is 5.41 Å². The molecular formula is C7H11NO3. The molecule has 0 atom stereocenters. The lowest BCUT2D eigenvalue weighted by Crippen LogP contribution is -2.27. The molecule has 1 aliphatic rings. The zero-order valence-electron chi connectivity index (χ0n) is 6.64. The van der Waals surface area contributed by atoms with E-state index in [0.717, 1.165) is 0 Å². The number of carbonyl (C=O) groups is 1. The first-order chi connectivity index (χ1) is 5.17. The number of esters is 1. The third-order valence-electron chi connectivity index (χ3n) is 1.96. The Kier molecular flexibility index (Phi) is 1.85. The molecule has 1 fully saturated rings. The van der Waals surface area contributed by atoms with Crippen LogP contribution in [0.5, 0.6) is 0 Å². The summed E-state index contributed by atoms with van der Waals surface area (Å²) in [6, 6.07) is 0. The summed E-state index contributed by atoms with van der Waals surface area (Å²) >= 11 is 0. The Balaban J connectivity index is 2.67. The lowest BCUT2D eigenvalue weighted by atomic mass is 10.1. The van der Waals surface area contributed by atoms with Crippen molar-refractivity contribution in [2.24, 2.45) is 5.41 Å². The summed E-state index contributed by atoms with van der Waals surface area (Å²) < 4.78 is 9.22. The number of hydrogen-bond acceptors (Lipinski definition) is 4. The molecule has 1 N–H and O–H groups in total. The van der Waals surface area contributed by atoms with Crippen LogP contribution < -0.4 is 0 Å². The number of methoxy groups -OCH3 is 2. The summed E-state index contributed by atoms with van der Waals surface area (Å²) in [6.07, 6.45) is 1.35. The van der Waals surface area contributed by atoms with Crippen LogP contribution in [0.15, 0.2) is 0 Å². The molecule has 0 amide bonds. The molecule has 0 spiro atoms. The van der Waals surface area contributed by atoms with Crippen molar-refractivity contribution >= 4 is 11.9 Å². The highest BCUT2D eigenvalue weighted by molar-refractivity contribution is 6.04. The number of carbonyl (C=O) groups excluding carboxylic acids is 1. The van der Waals surface area contributed by atoms with Crippen LogP contribution in [0.4, 0.5) is 0 Å². The van der Waals surface area contributed by atoms with E-state index in [1.54, 1.807) is 0 Å². The maximum atomic E-state index is 11.1. The molecular weight excluding hydrogens is 146 g/mol. The van der Waals surface area contributed by atoms with E-state index in [-0.39, 0.29) is 11.9 Å². The first-order valence-corrected chi connectivity index (χ1v) is 3.39. The summed E-state index contributed by atoms with van der Waals surface area (Å²) in [5, 5.41) is 7.31. The molecule has 0 aromatic carbocycles. The van der Waals surface area contributed by atoms with E-state index in [9.17, 15) is 4.79 Å². The average molecular weight is 157 g/mol. The van der Waals surface area contributed by atoms with Crippen molar-refractivity contribution in [3.8, 4) is 0 Å². The van der Waals surface area contributed by atoms with Crippen LogP contribution in [-0.2, 0) is 14.3 Å². The Morgan fingerprint density at radius 3 is 2.18 bits per heavy atom. The minimum absolute atomic E-state index is 0.0179. The van der Waals surface area contributed by atoms with E-state index in [1.165, 1.54) is 14.2 Å². The first kappa shape index (κ1) is 8.04. The highest BCUT2D eigenvalue weighted by Gasteiger charge is 2.56. The van der Waals surface area contributed by atoms with E-state index in [4.69, 9.17) is 5.41 Å². The van der Waals surface area contributed by atoms with Gasteiger partial charge in [0.25, 0.3) is 0 Å². The highest BCUT2D eigenvalue weighted by atomic mass is 16.5. The van der Waals surface area contributed by atoms with Gasteiger partial charge in [-0.15, -0.1) is 0 Å². The second-order valence-corrected chi connectivity index (χ2v) is 2.61. The van der Waals surface area contributed by atoms with Gasteiger partial charge in [0.05, 0.1) is 14.2 Å². The molecule has 0 aromatic rings. The SMILES string of the molecule is COC(=N)C1(C(=O)OC)CC1. The molecule has 1 aliphatic carbocycles. The fourth-order valence-corrected chi connectivity index (χ4v) is 1.04. The summed E-state index contributed by atoms with van der Waals surface area (Å²) in [4.78, 5) is 11.1. The summed E-state index contributed by atoms with van der Waals surface area (Å²) in [5.41, 5.74) is -0.733. The van der Waals surface area contributed by atoms with Crippen molar-refractivity contribution in [2.45, 2.75) is 12.8 Å². The van der Waals surface area contributed by atoms with Crippen LogP contribution in [0, 0.1) is 10.8 Å². The average Bonchev–Trinajstić information content (AvgIpc) is 2.82. The topological polar surface area (TPSA) is 59.4 Å². The van der Waals surface area contributed by atoms with Gasteiger partial charge in [-0.2, -0.15) is 0 Å². The maximum absolute atomic E-state index is 11.1. The second-order valence-electron chi connectivity index (χ2n) is 2.61. The minimum Gasteiger partial charge on any atom is -0.484 e. The molecule has 4 heteroatoms. The Hall–Kier alpha value is -1.06. The zero-order chi connectivity index (χ0) is 8.48. The lowest BCUT2D eigenvalue weighted by Gasteiger charge is -2.11. The number of hydrogen-bond donors (Lipinski definition) is 1. The van der Waals surface area contributed by atoms with Gasteiger partial charge in [0.15, 0.2) is 5.90 Å². The van der Waals surface area contributed by atoms with Crippen LogP contribution in [0.25, 0.3) is 0 Å². The fraction of sp³-hybridized carbons (Fsp3) is 0.714. The van der Waals surface area contributed by atoms with Crippen molar-refractivity contribution in [1.82, 2.24) is 0 Å². The van der Waals surface area contributed by atoms with Crippen LogP contribution in [0.1, 0.15) is 12.8 Å². The Morgan fingerprint density at radius 1 is 1.36 bits per heavy atom. The smallest absolute Gasteiger partial charge is 0.321 e. The number of rotatable bonds is 2. The molecule has 62 valence electrons. The van der Waals surface area contributed by atoms with Gasteiger partial charge in [0.2, 0.25) is 0 Å². The molecule has 0 radical (unpaired) electrons. The normalized spacial score (nSPS) is 18.7. The van der Waals surface area contributed by atoms with Gasteiger partial charge < -0.3 is 9.47 Å².